The molecular weight excluding hydrogens is 505 g/mol. The number of likely N-dealkylation sites (tertiary alicyclic amines) is 1. The SMILES string of the molecule is O=C(OCc1ccccc1)N1CCC2(CC1)CN(S(=O)(=O)c1ccc(C(F)F)cc1)c1cc(F)ccc12. The number of fused-ring (bicyclic) bond motifs is 2. The molecule has 0 aromatic heterocycles. The number of benzene rings is 3. The third-order valence-corrected chi connectivity index (χ3v) is 8.92. The lowest BCUT2D eigenvalue weighted by Gasteiger charge is -2.39. The molecule has 2 aliphatic rings. The van der Waals surface area contributed by atoms with Gasteiger partial charge in [0.25, 0.3) is 16.4 Å². The van der Waals surface area contributed by atoms with Gasteiger partial charge in [0.15, 0.2) is 0 Å². The van der Waals surface area contributed by atoms with Gasteiger partial charge in [-0.3, -0.25) is 4.31 Å². The van der Waals surface area contributed by atoms with Gasteiger partial charge < -0.3 is 9.64 Å². The van der Waals surface area contributed by atoms with Gasteiger partial charge in [-0.25, -0.2) is 26.4 Å². The number of halogens is 3. The summed E-state index contributed by atoms with van der Waals surface area (Å²) < 4.78 is 73.8. The number of nitrogens with zero attached hydrogens (tertiary/aromatic N) is 2. The van der Waals surface area contributed by atoms with E-state index in [0.717, 1.165) is 34.1 Å². The Balaban J connectivity index is 1.35. The van der Waals surface area contributed by atoms with Crippen LogP contribution in [0.2, 0.25) is 0 Å². The second kappa shape index (κ2) is 9.74. The minimum atomic E-state index is -4.14. The van der Waals surface area contributed by atoms with Crippen LogP contribution in [0.15, 0.2) is 77.7 Å². The fourth-order valence-electron chi connectivity index (χ4n) is 5.09. The van der Waals surface area contributed by atoms with Crippen LogP contribution in [-0.4, -0.2) is 39.0 Å². The molecule has 1 saturated heterocycles. The number of piperidine rings is 1. The highest BCUT2D eigenvalue weighted by molar-refractivity contribution is 7.92. The Bertz CT molecular complexity index is 1390. The number of rotatable bonds is 5. The summed E-state index contributed by atoms with van der Waals surface area (Å²) in [7, 11) is -4.14. The highest BCUT2D eigenvalue weighted by Gasteiger charge is 2.49. The van der Waals surface area contributed by atoms with Gasteiger partial charge in [-0.1, -0.05) is 48.5 Å². The molecule has 0 radical (unpaired) electrons. The molecule has 0 saturated carbocycles. The maximum atomic E-state index is 14.2. The second-order valence-corrected chi connectivity index (χ2v) is 11.2. The lowest BCUT2D eigenvalue weighted by atomic mass is 9.74. The van der Waals surface area contributed by atoms with E-state index in [4.69, 9.17) is 4.74 Å². The van der Waals surface area contributed by atoms with Crippen molar-refractivity contribution in [3.63, 3.8) is 0 Å². The van der Waals surface area contributed by atoms with Crippen molar-refractivity contribution >= 4 is 21.8 Å². The summed E-state index contributed by atoms with van der Waals surface area (Å²) in [6, 6.07) is 17.9. The van der Waals surface area contributed by atoms with Crippen LogP contribution in [-0.2, 0) is 26.8 Å². The number of alkyl halides is 2. The lowest BCUT2D eigenvalue weighted by molar-refractivity contribution is 0.0791. The number of carbonyl (C=O) groups excluding carboxylic acids is 1. The first-order chi connectivity index (χ1) is 17.7. The third-order valence-electron chi connectivity index (χ3n) is 7.15. The fraction of sp³-hybridized carbons (Fsp3) is 0.296. The second-order valence-electron chi connectivity index (χ2n) is 9.35. The summed E-state index contributed by atoms with van der Waals surface area (Å²) in [5.74, 6) is -0.578. The summed E-state index contributed by atoms with van der Waals surface area (Å²) in [6.45, 7) is 0.917. The number of anilines is 1. The average Bonchev–Trinajstić information content (AvgIpc) is 3.21. The normalized spacial score (nSPS) is 16.8. The molecular formula is C27H25F3N2O4S. The monoisotopic (exact) mass is 530 g/mol. The van der Waals surface area contributed by atoms with Crippen molar-refractivity contribution in [2.75, 3.05) is 23.9 Å². The standard InChI is InChI=1S/C27H25F3N2O4S/c28-21-8-11-23-24(16-21)32(37(34,35)22-9-6-20(7-10-22)25(29)30)18-27(23)12-14-31(15-13-27)26(33)36-17-19-4-2-1-3-5-19/h1-11,16,25H,12-15,17-18H2. The molecule has 10 heteroatoms. The highest BCUT2D eigenvalue weighted by atomic mass is 32.2. The van der Waals surface area contributed by atoms with E-state index in [1.807, 2.05) is 30.3 Å². The zero-order chi connectivity index (χ0) is 26.2. The predicted octanol–water partition coefficient (Wildman–Crippen LogP) is 5.64. The van der Waals surface area contributed by atoms with Crippen LogP contribution in [0.4, 0.5) is 23.7 Å². The van der Waals surface area contributed by atoms with Crippen LogP contribution in [0.25, 0.3) is 0 Å². The predicted molar refractivity (Wildman–Crippen MR) is 131 cm³/mol. The Morgan fingerprint density at radius 2 is 1.65 bits per heavy atom. The van der Waals surface area contributed by atoms with E-state index in [1.54, 1.807) is 11.0 Å². The van der Waals surface area contributed by atoms with E-state index in [0.29, 0.717) is 31.5 Å². The van der Waals surface area contributed by atoms with Gasteiger partial charge in [-0.05, 0) is 48.2 Å². The summed E-state index contributed by atoms with van der Waals surface area (Å²) in [6.07, 6.45) is -2.24. The molecule has 1 amide bonds. The molecule has 0 unspecified atom stereocenters. The third kappa shape index (κ3) is 4.77. The molecule has 0 N–H and O–H groups in total. The topological polar surface area (TPSA) is 66.9 Å². The van der Waals surface area contributed by atoms with Crippen LogP contribution in [0.5, 0.6) is 0 Å². The van der Waals surface area contributed by atoms with E-state index in [-0.39, 0.29) is 29.3 Å². The van der Waals surface area contributed by atoms with Gasteiger partial charge in [-0.2, -0.15) is 0 Å². The van der Waals surface area contributed by atoms with Gasteiger partial charge >= 0.3 is 6.09 Å². The molecule has 5 rings (SSSR count). The molecule has 37 heavy (non-hydrogen) atoms. The first-order valence-corrected chi connectivity index (χ1v) is 13.3. The van der Waals surface area contributed by atoms with E-state index >= 15 is 0 Å². The van der Waals surface area contributed by atoms with E-state index < -0.39 is 33.8 Å². The van der Waals surface area contributed by atoms with Crippen LogP contribution in [0.3, 0.4) is 0 Å². The lowest BCUT2D eigenvalue weighted by Crippen LogP contribution is -2.47. The number of hydrogen-bond acceptors (Lipinski definition) is 4. The van der Waals surface area contributed by atoms with Crippen molar-refractivity contribution in [2.45, 2.75) is 36.2 Å². The fourth-order valence-corrected chi connectivity index (χ4v) is 6.65. The molecule has 0 bridgehead atoms. The van der Waals surface area contributed by atoms with Gasteiger partial charge in [0.1, 0.15) is 12.4 Å². The quantitative estimate of drug-likeness (QED) is 0.428. The molecule has 0 atom stereocenters. The zero-order valence-corrected chi connectivity index (χ0v) is 20.6. The van der Waals surface area contributed by atoms with E-state index in [9.17, 15) is 26.4 Å². The number of amides is 1. The van der Waals surface area contributed by atoms with Crippen molar-refractivity contribution in [1.29, 1.82) is 0 Å². The summed E-state index contributed by atoms with van der Waals surface area (Å²) in [5.41, 5.74) is 0.903. The minimum absolute atomic E-state index is 0.0671. The van der Waals surface area contributed by atoms with Gasteiger partial charge in [0.05, 0.1) is 10.6 Å². The Labute approximate surface area is 213 Å². The molecule has 0 aliphatic carbocycles. The van der Waals surface area contributed by atoms with E-state index in [1.165, 1.54) is 12.1 Å². The van der Waals surface area contributed by atoms with Crippen molar-refractivity contribution < 1.29 is 31.1 Å². The van der Waals surface area contributed by atoms with Crippen LogP contribution in [0, 0.1) is 5.82 Å². The smallest absolute Gasteiger partial charge is 0.410 e. The molecule has 2 heterocycles. The van der Waals surface area contributed by atoms with Crippen LogP contribution in [0.1, 0.15) is 36.0 Å². The Kier molecular flexibility index (Phi) is 6.61. The van der Waals surface area contributed by atoms with Crippen molar-refractivity contribution in [3.8, 4) is 0 Å². The van der Waals surface area contributed by atoms with Crippen LogP contribution >= 0.6 is 0 Å². The maximum Gasteiger partial charge on any atom is 0.410 e. The summed E-state index contributed by atoms with van der Waals surface area (Å²) >= 11 is 0. The molecule has 3 aromatic rings. The largest absolute Gasteiger partial charge is 0.445 e. The van der Waals surface area contributed by atoms with Gasteiger partial charge in [0, 0.05) is 30.6 Å². The van der Waals surface area contributed by atoms with Crippen molar-refractivity contribution in [3.05, 3.63) is 95.3 Å². The average molecular weight is 531 g/mol. The number of hydrogen-bond donors (Lipinski definition) is 0. The van der Waals surface area contributed by atoms with Crippen LogP contribution < -0.4 is 4.31 Å². The maximum absolute atomic E-state index is 14.2. The van der Waals surface area contributed by atoms with Gasteiger partial charge in [0.2, 0.25) is 0 Å². The van der Waals surface area contributed by atoms with Gasteiger partial charge in [-0.15, -0.1) is 0 Å². The van der Waals surface area contributed by atoms with Crippen molar-refractivity contribution in [2.24, 2.45) is 0 Å². The molecule has 1 fully saturated rings. The summed E-state index contributed by atoms with van der Waals surface area (Å²) in [5, 5.41) is 0. The number of sulfonamides is 1. The molecule has 1 spiro atoms. The molecule has 2 aliphatic heterocycles. The first kappa shape index (κ1) is 25.1. The highest BCUT2D eigenvalue weighted by Crippen LogP contribution is 2.49. The molecule has 194 valence electrons. The number of carbonyl (C=O) groups is 1. The minimum Gasteiger partial charge on any atom is -0.445 e. The Hall–Kier alpha value is -3.53. The Morgan fingerprint density at radius 3 is 2.30 bits per heavy atom. The number of ether oxygens (including phenoxy) is 1. The van der Waals surface area contributed by atoms with E-state index in [2.05, 4.69) is 0 Å². The zero-order valence-electron chi connectivity index (χ0n) is 19.8. The van der Waals surface area contributed by atoms with Crippen molar-refractivity contribution in [1.82, 2.24) is 4.90 Å². The summed E-state index contributed by atoms with van der Waals surface area (Å²) in [4.78, 5) is 14.1. The first-order valence-electron chi connectivity index (χ1n) is 11.9. The molecule has 6 nitrogen and oxygen atoms in total. The molecule has 3 aromatic carbocycles. The Morgan fingerprint density at radius 1 is 0.973 bits per heavy atom.